The molecule has 0 radical (unpaired) electrons. The minimum atomic E-state index is -3.84. The fourth-order valence-electron chi connectivity index (χ4n) is 3.67. The van der Waals surface area contributed by atoms with Gasteiger partial charge in [-0.05, 0) is 69.4 Å². The van der Waals surface area contributed by atoms with Gasteiger partial charge in [-0.2, -0.15) is 0 Å². The molecule has 36 heavy (non-hydrogen) atoms. The van der Waals surface area contributed by atoms with Crippen molar-refractivity contribution in [2.24, 2.45) is 7.05 Å². The molecule has 3 N–H and O–H groups in total. The standard InChI is InChI=1S/C24H25N7O3S2/c1-15-14-21(26-17(3)25-15)29-36(33,34)20-12-10-18(11-13-20)27-24(35)28-22-16(2)30(4)31(23(22)32)19-8-6-5-7-9-19/h5-14H,1-4H3,(H,25,26,29)(H2,27,28,35). The van der Waals surface area contributed by atoms with Crippen molar-refractivity contribution >= 4 is 44.5 Å². The van der Waals surface area contributed by atoms with Crippen molar-refractivity contribution in [1.82, 2.24) is 19.3 Å². The number of hydrogen-bond acceptors (Lipinski definition) is 6. The normalized spacial score (nSPS) is 11.2. The Hall–Kier alpha value is -4.03. The van der Waals surface area contributed by atoms with Crippen molar-refractivity contribution in [2.45, 2.75) is 25.7 Å². The highest BCUT2D eigenvalue weighted by molar-refractivity contribution is 7.92. The van der Waals surface area contributed by atoms with Crippen LogP contribution in [-0.4, -0.2) is 32.9 Å². The van der Waals surface area contributed by atoms with Crippen LogP contribution in [0.2, 0.25) is 0 Å². The molecular weight excluding hydrogens is 498 g/mol. The van der Waals surface area contributed by atoms with E-state index in [0.29, 0.717) is 28.6 Å². The van der Waals surface area contributed by atoms with Crippen molar-refractivity contribution in [3.05, 3.63) is 88.2 Å². The van der Waals surface area contributed by atoms with Crippen molar-refractivity contribution in [1.29, 1.82) is 0 Å². The second-order valence-electron chi connectivity index (χ2n) is 8.09. The molecule has 0 spiro atoms. The first kappa shape index (κ1) is 25.1. The zero-order valence-corrected chi connectivity index (χ0v) is 21.7. The fraction of sp³-hybridized carbons (Fsp3) is 0.167. The minimum absolute atomic E-state index is 0.0606. The van der Waals surface area contributed by atoms with Crippen molar-refractivity contribution in [3.63, 3.8) is 0 Å². The SMILES string of the molecule is Cc1cc(NS(=O)(=O)c2ccc(NC(=S)Nc3c(C)n(C)n(-c4ccccc4)c3=O)cc2)nc(C)n1. The van der Waals surface area contributed by atoms with Gasteiger partial charge in [-0.3, -0.25) is 14.2 Å². The molecule has 2 aromatic carbocycles. The second kappa shape index (κ2) is 9.91. The number of aryl methyl sites for hydroxylation is 2. The van der Waals surface area contributed by atoms with Crippen LogP contribution in [0.1, 0.15) is 17.2 Å². The summed E-state index contributed by atoms with van der Waals surface area (Å²) in [4.78, 5) is 21.4. The van der Waals surface area contributed by atoms with Gasteiger partial charge in [0.25, 0.3) is 15.6 Å². The number of anilines is 3. The third kappa shape index (κ3) is 5.29. The van der Waals surface area contributed by atoms with Crippen LogP contribution in [0.3, 0.4) is 0 Å². The maximum atomic E-state index is 13.1. The Labute approximate surface area is 214 Å². The first-order chi connectivity index (χ1) is 17.0. The molecule has 2 aromatic heterocycles. The summed E-state index contributed by atoms with van der Waals surface area (Å²) >= 11 is 5.40. The van der Waals surface area contributed by atoms with Crippen molar-refractivity contribution in [2.75, 3.05) is 15.4 Å². The van der Waals surface area contributed by atoms with Gasteiger partial charge in [0, 0.05) is 24.5 Å². The molecule has 0 amide bonds. The average Bonchev–Trinajstić information content (AvgIpc) is 3.02. The molecule has 0 saturated heterocycles. The highest BCUT2D eigenvalue weighted by Crippen LogP contribution is 2.19. The van der Waals surface area contributed by atoms with E-state index in [4.69, 9.17) is 12.2 Å². The predicted molar refractivity (Wildman–Crippen MR) is 144 cm³/mol. The monoisotopic (exact) mass is 523 g/mol. The Balaban J connectivity index is 1.48. The highest BCUT2D eigenvalue weighted by atomic mass is 32.2. The van der Waals surface area contributed by atoms with Crippen LogP contribution < -0.4 is 20.9 Å². The molecule has 0 saturated carbocycles. The quantitative estimate of drug-likeness (QED) is 0.328. The largest absolute Gasteiger partial charge is 0.332 e. The lowest BCUT2D eigenvalue weighted by Crippen LogP contribution is -2.25. The lowest BCUT2D eigenvalue weighted by Gasteiger charge is -2.11. The van der Waals surface area contributed by atoms with Gasteiger partial charge in [0.1, 0.15) is 17.3 Å². The summed E-state index contributed by atoms with van der Waals surface area (Å²) in [5.74, 6) is 0.671. The van der Waals surface area contributed by atoms with Gasteiger partial charge in [0.2, 0.25) is 0 Å². The molecule has 12 heteroatoms. The van der Waals surface area contributed by atoms with E-state index in [0.717, 1.165) is 5.69 Å². The summed E-state index contributed by atoms with van der Waals surface area (Å²) < 4.78 is 31.3. The number of para-hydroxylation sites is 1. The Morgan fingerprint density at radius 1 is 0.944 bits per heavy atom. The van der Waals surface area contributed by atoms with Gasteiger partial charge < -0.3 is 10.6 Å². The third-order valence-electron chi connectivity index (χ3n) is 5.42. The first-order valence-electron chi connectivity index (χ1n) is 10.9. The number of benzene rings is 2. The summed E-state index contributed by atoms with van der Waals surface area (Å²) in [5, 5.41) is 6.15. The minimum Gasteiger partial charge on any atom is -0.332 e. The van der Waals surface area contributed by atoms with E-state index in [-0.39, 0.29) is 21.4 Å². The van der Waals surface area contributed by atoms with E-state index < -0.39 is 10.0 Å². The number of hydrogen-bond donors (Lipinski definition) is 3. The second-order valence-corrected chi connectivity index (χ2v) is 10.2. The Morgan fingerprint density at radius 3 is 2.25 bits per heavy atom. The molecule has 0 unspecified atom stereocenters. The van der Waals surface area contributed by atoms with Crippen molar-refractivity contribution < 1.29 is 8.42 Å². The van der Waals surface area contributed by atoms with Gasteiger partial charge in [0.15, 0.2) is 5.11 Å². The smallest absolute Gasteiger partial charge is 0.295 e. The maximum Gasteiger partial charge on any atom is 0.295 e. The number of aromatic nitrogens is 4. The van der Waals surface area contributed by atoms with Gasteiger partial charge in [-0.15, -0.1) is 0 Å². The van der Waals surface area contributed by atoms with Crippen LogP contribution in [0.25, 0.3) is 5.69 Å². The van der Waals surface area contributed by atoms with Crippen LogP contribution in [0.15, 0.2) is 70.4 Å². The molecule has 4 aromatic rings. The van der Waals surface area contributed by atoms with Crippen LogP contribution in [-0.2, 0) is 17.1 Å². The molecule has 0 aliphatic carbocycles. The van der Waals surface area contributed by atoms with E-state index in [1.54, 1.807) is 48.5 Å². The summed E-state index contributed by atoms with van der Waals surface area (Å²) in [7, 11) is -2.05. The summed E-state index contributed by atoms with van der Waals surface area (Å²) in [5.41, 5.74) is 2.75. The molecule has 4 rings (SSSR count). The Morgan fingerprint density at radius 2 is 1.61 bits per heavy atom. The zero-order valence-electron chi connectivity index (χ0n) is 20.1. The molecule has 0 aliphatic rings. The molecular formula is C24H25N7O3S2. The summed E-state index contributed by atoms with van der Waals surface area (Å²) in [6.07, 6.45) is 0. The van der Waals surface area contributed by atoms with E-state index in [2.05, 4.69) is 25.3 Å². The molecule has 0 fully saturated rings. The van der Waals surface area contributed by atoms with Gasteiger partial charge >= 0.3 is 0 Å². The average molecular weight is 524 g/mol. The fourth-order valence-corrected chi connectivity index (χ4v) is 4.88. The van der Waals surface area contributed by atoms with Crippen LogP contribution in [0.4, 0.5) is 17.2 Å². The number of sulfonamides is 1. The summed E-state index contributed by atoms with van der Waals surface area (Å²) in [6.45, 7) is 5.27. The molecule has 0 bridgehead atoms. The maximum absolute atomic E-state index is 13.1. The lowest BCUT2D eigenvalue weighted by atomic mass is 10.3. The lowest BCUT2D eigenvalue weighted by molar-refractivity contribution is 0.601. The topological polar surface area (TPSA) is 123 Å². The summed E-state index contributed by atoms with van der Waals surface area (Å²) in [6, 6.07) is 16.9. The van der Waals surface area contributed by atoms with Crippen LogP contribution >= 0.6 is 12.2 Å². The molecule has 0 aliphatic heterocycles. The van der Waals surface area contributed by atoms with Crippen LogP contribution in [0, 0.1) is 20.8 Å². The Bertz CT molecular complexity index is 1570. The van der Waals surface area contributed by atoms with E-state index in [1.165, 1.54) is 12.1 Å². The van der Waals surface area contributed by atoms with Crippen LogP contribution in [0.5, 0.6) is 0 Å². The Kier molecular flexibility index (Phi) is 6.91. The number of nitrogens with zero attached hydrogens (tertiary/aromatic N) is 4. The van der Waals surface area contributed by atoms with E-state index >= 15 is 0 Å². The third-order valence-corrected chi connectivity index (χ3v) is 6.99. The van der Waals surface area contributed by atoms with Gasteiger partial charge in [0.05, 0.1) is 16.3 Å². The molecule has 2 heterocycles. The zero-order chi connectivity index (χ0) is 26.0. The predicted octanol–water partition coefficient (Wildman–Crippen LogP) is 3.50. The first-order valence-corrected chi connectivity index (χ1v) is 12.8. The van der Waals surface area contributed by atoms with E-state index in [9.17, 15) is 13.2 Å². The van der Waals surface area contributed by atoms with Crippen molar-refractivity contribution in [3.8, 4) is 5.69 Å². The number of thiocarbonyl (C=S) groups is 1. The highest BCUT2D eigenvalue weighted by Gasteiger charge is 2.18. The van der Waals surface area contributed by atoms with Gasteiger partial charge in [-0.1, -0.05) is 18.2 Å². The van der Waals surface area contributed by atoms with Gasteiger partial charge in [-0.25, -0.2) is 23.1 Å². The molecule has 0 atom stereocenters. The molecule has 10 nitrogen and oxygen atoms in total. The number of nitrogens with one attached hydrogen (secondary N) is 3. The number of rotatable bonds is 6. The molecule has 186 valence electrons. The van der Waals surface area contributed by atoms with E-state index in [1.807, 2.05) is 37.3 Å².